The van der Waals surface area contributed by atoms with Gasteiger partial charge in [-0.25, -0.2) is 13.4 Å². The van der Waals surface area contributed by atoms with E-state index in [2.05, 4.69) is 4.98 Å². The van der Waals surface area contributed by atoms with Crippen LogP contribution in [0.1, 0.15) is 19.0 Å². The maximum Gasteiger partial charge on any atom is 0.254 e. The lowest BCUT2D eigenvalue weighted by Crippen LogP contribution is -2.35. The standard InChI is InChI=1S/C10H17ClN2O2S3/c1-7(5-6-16-4)13(3)18(14,15)9-8(2)12-10(11)17-9/h7H,5-6H2,1-4H3. The molecule has 1 rings (SSSR count). The van der Waals surface area contributed by atoms with E-state index in [0.29, 0.717) is 5.69 Å². The van der Waals surface area contributed by atoms with Gasteiger partial charge in [-0.1, -0.05) is 22.9 Å². The summed E-state index contributed by atoms with van der Waals surface area (Å²) in [6, 6.07) is -0.0391. The van der Waals surface area contributed by atoms with E-state index in [0.717, 1.165) is 23.5 Å². The molecule has 0 amide bonds. The molecule has 0 fully saturated rings. The number of hydrogen-bond donors (Lipinski definition) is 0. The summed E-state index contributed by atoms with van der Waals surface area (Å²) in [6.45, 7) is 3.57. The summed E-state index contributed by atoms with van der Waals surface area (Å²) >= 11 is 8.48. The van der Waals surface area contributed by atoms with Crippen molar-refractivity contribution in [2.24, 2.45) is 0 Å². The molecule has 104 valence electrons. The Balaban J connectivity index is 2.96. The zero-order chi connectivity index (χ0) is 13.9. The molecule has 0 aliphatic heterocycles. The maximum atomic E-state index is 12.4. The minimum atomic E-state index is -3.48. The molecule has 1 aromatic rings. The number of sulfonamides is 1. The van der Waals surface area contributed by atoms with E-state index in [4.69, 9.17) is 11.6 Å². The largest absolute Gasteiger partial charge is 0.254 e. The van der Waals surface area contributed by atoms with Crippen molar-refractivity contribution < 1.29 is 8.42 Å². The summed E-state index contributed by atoms with van der Waals surface area (Å²) in [5.41, 5.74) is 0.467. The summed E-state index contributed by atoms with van der Waals surface area (Å²) in [5.74, 6) is 0.934. The van der Waals surface area contributed by atoms with Crippen LogP contribution >= 0.6 is 34.7 Å². The molecule has 0 bridgehead atoms. The Hall–Kier alpha value is 0.180. The lowest BCUT2D eigenvalue weighted by Gasteiger charge is -2.23. The first-order chi connectivity index (χ1) is 8.30. The van der Waals surface area contributed by atoms with Gasteiger partial charge in [-0.2, -0.15) is 16.1 Å². The van der Waals surface area contributed by atoms with Crippen LogP contribution in [0.3, 0.4) is 0 Å². The van der Waals surface area contributed by atoms with Crippen LogP contribution in [0.2, 0.25) is 4.47 Å². The van der Waals surface area contributed by atoms with Gasteiger partial charge in [-0.3, -0.25) is 0 Å². The number of hydrogen-bond acceptors (Lipinski definition) is 5. The molecular formula is C10H17ClN2O2S3. The molecule has 8 heteroatoms. The number of rotatable bonds is 6. The predicted molar refractivity (Wildman–Crippen MR) is 79.3 cm³/mol. The molecule has 0 saturated carbocycles. The SMILES string of the molecule is CSCCC(C)N(C)S(=O)(=O)c1sc(Cl)nc1C. The fourth-order valence-corrected chi connectivity index (χ4v) is 5.30. The maximum absolute atomic E-state index is 12.4. The van der Waals surface area contributed by atoms with Gasteiger partial charge in [0.15, 0.2) is 8.68 Å². The summed E-state index contributed by atoms with van der Waals surface area (Å²) in [4.78, 5) is 3.96. The molecule has 1 heterocycles. The number of thioether (sulfide) groups is 1. The van der Waals surface area contributed by atoms with Crippen molar-refractivity contribution in [1.29, 1.82) is 0 Å². The normalized spacial score (nSPS) is 14.1. The molecular weight excluding hydrogens is 312 g/mol. The Kier molecular flexibility index (Phi) is 5.92. The second-order valence-corrected chi connectivity index (χ2v) is 8.75. The third-order valence-electron chi connectivity index (χ3n) is 2.70. The predicted octanol–water partition coefficient (Wildman–Crippen LogP) is 2.87. The molecule has 1 unspecified atom stereocenters. The first-order valence-corrected chi connectivity index (χ1v) is 9.43. The zero-order valence-corrected chi connectivity index (χ0v) is 14.0. The molecule has 18 heavy (non-hydrogen) atoms. The van der Waals surface area contributed by atoms with Gasteiger partial charge in [0.2, 0.25) is 0 Å². The van der Waals surface area contributed by atoms with E-state index < -0.39 is 10.0 Å². The van der Waals surface area contributed by atoms with Gasteiger partial charge in [-0.05, 0) is 32.3 Å². The van der Waals surface area contributed by atoms with Crippen LogP contribution in [0, 0.1) is 6.92 Å². The Morgan fingerprint density at radius 2 is 2.17 bits per heavy atom. The second kappa shape index (κ2) is 6.56. The lowest BCUT2D eigenvalue weighted by molar-refractivity contribution is 0.383. The third kappa shape index (κ3) is 3.60. The summed E-state index contributed by atoms with van der Waals surface area (Å²) in [5, 5.41) is 0. The smallest absolute Gasteiger partial charge is 0.229 e. The first-order valence-electron chi connectivity index (χ1n) is 5.40. The monoisotopic (exact) mass is 328 g/mol. The highest BCUT2D eigenvalue weighted by atomic mass is 35.5. The van der Waals surface area contributed by atoms with Gasteiger partial charge in [-0.15, -0.1) is 0 Å². The molecule has 1 aromatic heterocycles. The van der Waals surface area contributed by atoms with Gasteiger partial charge >= 0.3 is 0 Å². The lowest BCUT2D eigenvalue weighted by atomic mass is 10.3. The highest BCUT2D eigenvalue weighted by Crippen LogP contribution is 2.30. The second-order valence-electron chi connectivity index (χ2n) is 3.99. The van der Waals surface area contributed by atoms with Crippen LogP contribution in [0.4, 0.5) is 0 Å². The fraction of sp³-hybridized carbons (Fsp3) is 0.700. The van der Waals surface area contributed by atoms with E-state index in [1.54, 1.807) is 25.7 Å². The van der Waals surface area contributed by atoms with Crippen molar-refractivity contribution in [3.8, 4) is 0 Å². The van der Waals surface area contributed by atoms with Crippen LogP contribution in [0.15, 0.2) is 4.21 Å². The first kappa shape index (κ1) is 16.2. The van der Waals surface area contributed by atoms with Crippen LogP contribution in [-0.2, 0) is 10.0 Å². The molecule has 0 radical (unpaired) electrons. The van der Waals surface area contributed by atoms with Crippen molar-refractivity contribution in [2.45, 2.75) is 30.5 Å². The van der Waals surface area contributed by atoms with Crippen molar-refractivity contribution in [1.82, 2.24) is 9.29 Å². The Morgan fingerprint density at radius 1 is 1.56 bits per heavy atom. The molecule has 1 atom stereocenters. The van der Waals surface area contributed by atoms with Crippen molar-refractivity contribution in [2.75, 3.05) is 19.1 Å². The Bertz CT molecular complexity index is 501. The Labute approximate surface area is 122 Å². The number of aromatic nitrogens is 1. The van der Waals surface area contributed by atoms with Crippen molar-refractivity contribution >= 4 is 44.7 Å². The number of nitrogens with zero attached hydrogens (tertiary/aromatic N) is 2. The Morgan fingerprint density at radius 3 is 2.61 bits per heavy atom. The minimum absolute atomic E-state index is 0.0391. The number of thiazole rings is 1. The highest BCUT2D eigenvalue weighted by Gasteiger charge is 2.29. The van der Waals surface area contributed by atoms with Gasteiger partial charge < -0.3 is 0 Å². The van der Waals surface area contributed by atoms with E-state index in [1.165, 1.54) is 4.31 Å². The van der Waals surface area contributed by atoms with Gasteiger partial charge in [0, 0.05) is 13.1 Å². The molecule has 0 aromatic carbocycles. The summed E-state index contributed by atoms with van der Waals surface area (Å²) in [6.07, 6.45) is 2.83. The fourth-order valence-electron chi connectivity index (χ4n) is 1.43. The minimum Gasteiger partial charge on any atom is -0.229 e. The quantitative estimate of drug-likeness (QED) is 0.805. The molecule has 0 saturated heterocycles. The summed E-state index contributed by atoms with van der Waals surface area (Å²) < 4.78 is 26.7. The van der Waals surface area contributed by atoms with E-state index in [-0.39, 0.29) is 14.7 Å². The number of aryl methyl sites for hydroxylation is 1. The van der Waals surface area contributed by atoms with Crippen LogP contribution in [0.25, 0.3) is 0 Å². The van der Waals surface area contributed by atoms with E-state index in [9.17, 15) is 8.42 Å². The topological polar surface area (TPSA) is 50.3 Å². The van der Waals surface area contributed by atoms with E-state index in [1.807, 2.05) is 13.2 Å². The average molecular weight is 329 g/mol. The zero-order valence-electron chi connectivity index (χ0n) is 10.8. The van der Waals surface area contributed by atoms with Gasteiger partial charge in [0.1, 0.15) is 0 Å². The highest BCUT2D eigenvalue weighted by molar-refractivity contribution is 7.98. The summed E-state index contributed by atoms with van der Waals surface area (Å²) in [7, 11) is -1.88. The molecule has 0 aliphatic carbocycles. The molecule has 0 spiro atoms. The molecule has 0 N–H and O–H groups in total. The molecule has 4 nitrogen and oxygen atoms in total. The van der Waals surface area contributed by atoms with E-state index >= 15 is 0 Å². The van der Waals surface area contributed by atoms with Crippen molar-refractivity contribution in [3.63, 3.8) is 0 Å². The average Bonchev–Trinajstić information content (AvgIpc) is 2.64. The van der Waals surface area contributed by atoms with Gasteiger partial charge in [0.05, 0.1) is 5.69 Å². The molecule has 0 aliphatic rings. The van der Waals surface area contributed by atoms with Crippen molar-refractivity contribution in [3.05, 3.63) is 10.2 Å². The number of halogens is 1. The van der Waals surface area contributed by atoms with Gasteiger partial charge in [0.25, 0.3) is 10.0 Å². The van der Waals surface area contributed by atoms with Crippen LogP contribution in [0.5, 0.6) is 0 Å². The van der Waals surface area contributed by atoms with Crippen LogP contribution in [-0.4, -0.2) is 42.8 Å². The van der Waals surface area contributed by atoms with Crippen LogP contribution < -0.4 is 0 Å². The third-order valence-corrected chi connectivity index (χ3v) is 7.17.